The smallest absolute Gasteiger partial charge is 0.188 e. The molecule has 2 aliphatic heterocycles. The van der Waals surface area contributed by atoms with Crippen LogP contribution in [0.15, 0.2) is 12.2 Å². The van der Waals surface area contributed by atoms with Gasteiger partial charge in [0.2, 0.25) is 0 Å². The predicted octanol–water partition coefficient (Wildman–Crippen LogP) is 2.62. The summed E-state index contributed by atoms with van der Waals surface area (Å²) in [6.45, 7) is 2.90. The van der Waals surface area contributed by atoms with Crippen molar-refractivity contribution < 1.29 is 9.47 Å². The molecule has 0 unspecified atom stereocenters. The summed E-state index contributed by atoms with van der Waals surface area (Å²) in [7, 11) is 0. The Morgan fingerprint density at radius 3 is 2.92 bits per heavy atom. The van der Waals surface area contributed by atoms with Gasteiger partial charge in [-0.05, 0) is 25.8 Å². The van der Waals surface area contributed by atoms with Crippen molar-refractivity contribution >= 4 is 15.9 Å². The highest BCUT2D eigenvalue weighted by molar-refractivity contribution is 9.09. The summed E-state index contributed by atoms with van der Waals surface area (Å²) in [6.07, 6.45) is 7.75. The van der Waals surface area contributed by atoms with Crippen LogP contribution < -0.4 is 0 Å². The number of rotatable bonds is 0. The van der Waals surface area contributed by atoms with Crippen molar-refractivity contribution in [2.24, 2.45) is 0 Å². The van der Waals surface area contributed by atoms with Crippen molar-refractivity contribution in [3.63, 3.8) is 0 Å². The van der Waals surface area contributed by atoms with E-state index in [1.165, 1.54) is 6.42 Å². The Bertz CT molecular complexity index is 209. The van der Waals surface area contributed by atoms with Gasteiger partial charge >= 0.3 is 0 Å². The summed E-state index contributed by atoms with van der Waals surface area (Å²) < 4.78 is 11.6. The Hall–Kier alpha value is 0.140. The van der Waals surface area contributed by atoms with Crippen molar-refractivity contribution in [3.8, 4) is 0 Å². The lowest BCUT2D eigenvalue weighted by molar-refractivity contribution is -0.245. The van der Waals surface area contributed by atoms with Crippen LogP contribution in [0.4, 0.5) is 0 Å². The molecular weight excluding hydrogens is 232 g/mol. The first kappa shape index (κ1) is 9.69. The van der Waals surface area contributed by atoms with Gasteiger partial charge in [0.15, 0.2) is 5.79 Å². The quantitative estimate of drug-likeness (QED) is 0.484. The minimum Gasteiger partial charge on any atom is -0.346 e. The van der Waals surface area contributed by atoms with E-state index in [0.717, 1.165) is 19.4 Å². The second-order valence-electron chi connectivity index (χ2n) is 3.74. The first-order chi connectivity index (χ1) is 6.22. The van der Waals surface area contributed by atoms with E-state index in [0.29, 0.717) is 4.83 Å². The van der Waals surface area contributed by atoms with E-state index in [9.17, 15) is 0 Å². The number of hydrogen-bond donors (Lipinski definition) is 0. The minimum atomic E-state index is -0.401. The molecule has 0 aromatic rings. The van der Waals surface area contributed by atoms with Gasteiger partial charge < -0.3 is 9.47 Å². The van der Waals surface area contributed by atoms with Crippen LogP contribution in [0, 0.1) is 0 Å². The average Bonchev–Trinajstić information content (AvgIpc) is 2.14. The lowest BCUT2D eigenvalue weighted by Crippen LogP contribution is -2.44. The Morgan fingerprint density at radius 2 is 2.31 bits per heavy atom. The molecule has 3 atom stereocenters. The average molecular weight is 247 g/mol. The molecule has 74 valence electrons. The zero-order valence-corrected chi connectivity index (χ0v) is 9.42. The van der Waals surface area contributed by atoms with Gasteiger partial charge in [-0.2, -0.15) is 0 Å². The summed E-state index contributed by atoms with van der Waals surface area (Å²) in [5, 5.41) is 0. The van der Waals surface area contributed by atoms with Crippen molar-refractivity contribution in [2.75, 3.05) is 6.61 Å². The van der Waals surface area contributed by atoms with Crippen LogP contribution >= 0.6 is 15.9 Å². The second-order valence-corrected chi connectivity index (χ2v) is 4.80. The van der Waals surface area contributed by atoms with E-state index in [2.05, 4.69) is 35.0 Å². The lowest BCUT2D eigenvalue weighted by atomic mass is 10.0. The zero-order chi connectivity index (χ0) is 9.31. The number of hydrogen-bond acceptors (Lipinski definition) is 2. The van der Waals surface area contributed by atoms with Gasteiger partial charge in [0.25, 0.3) is 0 Å². The highest BCUT2D eigenvalue weighted by atomic mass is 79.9. The van der Waals surface area contributed by atoms with Crippen LogP contribution in [0.1, 0.15) is 26.2 Å². The maximum Gasteiger partial charge on any atom is 0.188 e. The molecule has 0 aromatic heterocycles. The van der Waals surface area contributed by atoms with Gasteiger partial charge in [-0.3, -0.25) is 0 Å². The Morgan fingerprint density at radius 1 is 1.46 bits per heavy atom. The largest absolute Gasteiger partial charge is 0.346 e. The molecule has 0 bridgehead atoms. The lowest BCUT2D eigenvalue weighted by Gasteiger charge is -2.40. The molecule has 0 aromatic carbocycles. The fraction of sp³-hybridized carbons (Fsp3) is 0.800. The number of ether oxygens (including phenoxy) is 2. The van der Waals surface area contributed by atoms with E-state index < -0.39 is 5.79 Å². The molecule has 13 heavy (non-hydrogen) atoms. The molecule has 0 radical (unpaired) electrons. The third-order valence-electron chi connectivity index (χ3n) is 2.63. The molecule has 0 amide bonds. The van der Waals surface area contributed by atoms with Crippen LogP contribution in [0.2, 0.25) is 0 Å². The molecule has 1 spiro atoms. The number of alkyl halides is 1. The molecule has 0 N–H and O–H groups in total. The van der Waals surface area contributed by atoms with Crippen LogP contribution in [0.3, 0.4) is 0 Å². The van der Waals surface area contributed by atoms with Crippen LogP contribution in [-0.4, -0.2) is 23.3 Å². The highest BCUT2D eigenvalue weighted by Gasteiger charge is 2.37. The minimum absolute atomic E-state index is 0.197. The Kier molecular flexibility index (Phi) is 2.77. The second kappa shape index (κ2) is 3.71. The SMILES string of the molecule is C[C@H]1O[C@]2(C=C[C@H]1Br)CCCCO2. The summed E-state index contributed by atoms with van der Waals surface area (Å²) in [5.41, 5.74) is 0. The summed E-state index contributed by atoms with van der Waals surface area (Å²) in [6, 6.07) is 0. The molecule has 1 saturated heterocycles. The normalized spacial score (nSPS) is 45.4. The van der Waals surface area contributed by atoms with E-state index in [4.69, 9.17) is 9.47 Å². The molecule has 0 saturated carbocycles. The van der Waals surface area contributed by atoms with Gasteiger partial charge in [0.1, 0.15) is 0 Å². The maximum atomic E-state index is 5.87. The van der Waals surface area contributed by atoms with Crippen molar-refractivity contribution in [2.45, 2.75) is 42.9 Å². The van der Waals surface area contributed by atoms with Crippen molar-refractivity contribution in [1.29, 1.82) is 0 Å². The molecular formula is C10H15BrO2. The van der Waals surface area contributed by atoms with Crippen LogP contribution in [0.25, 0.3) is 0 Å². The monoisotopic (exact) mass is 246 g/mol. The van der Waals surface area contributed by atoms with Gasteiger partial charge in [-0.1, -0.05) is 22.0 Å². The summed E-state index contributed by atoms with van der Waals surface area (Å²) >= 11 is 3.54. The summed E-state index contributed by atoms with van der Waals surface area (Å²) in [4.78, 5) is 0.323. The third-order valence-corrected chi connectivity index (χ3v) is 3.68. The van der Waals surface area contributed by atoms with E-state index in [-0.39, 0.29) is 6.10 Å². The maximum absolute atomic E-state index is 5.87. The first-order valence-corrected chi connectivity index (χ1v) is 5.79. The standard InChI is InChI=1S/C10H15BrO2/c1-8-9(11)4-6-10(13-8)5-2-3-7-12-10/h4,6,8-9H,2-3,5,7H2,1H3/t8-,9-,10+/m1/s1. The molecule has 2 aliphatic rings. The van der Waals surface area contributed by atoms with E-state index in [1.54, 1.807) is 0 Å². The fourth-order valence-corrected chi connectivity index (χ4v) is 2.09. The molecule has 2 rings (SSSR count). The topological polar surface area (TPSA) is 18.5 Å². The highest BCUT2D eigenvalue weighted by Crippen LogP contribution is 2.34. The van der Waals surface area contributed by atoms with E-state index in [1.807, 2.05) is 0 Å². The van der Waals surface area contributed by atoms with Crippen molar-refractivity contribution in [3.05, 3.63) is 12.2 Å². The van der Waals surface area contributed by atoms with E-state index >= 15 is 0 Å². The van der Waals surface area contributed by atoms with Gasteiger partial charge in [0.05, 0.1) is 17.5 Å². The zero-order valence-electron chi connectivity index (χ0n) is 7.83. The van der Waals surface area contributed by atoms with Crippen molar-refractivity contribution in [1.82, 2.24) is 0 Å². The van der Waals surface area contributed by atoms with Gasteiger partial charge in [-0.15, -0.1) is 0 Å². The molecule has 1 fully saturated rings. The van der Waals surface area contributed by atoms with Gasteiger partial charge in [0, 0.05) is 6.42 Å². The molecule has 3 heteroatoms. The molecule has 2 nitrogen and oxygen atoms in total. The first-order valence-electron chi connectivity index (χ1n) is 4.87. The molecule has 2 heterocycles. The molecule has 0 aliphatic carbocycles. The Balaban J connectivity index is 2.10. The Labute approximate surface area is 87.4 Å². The van der Waals surface area contributed by atoms with Gasteiger partial charge in [-0.25, -0.2) is 0 Å². The predicted molar refractivity (Wildman–Crippen MR) is 54.9 cm³/mol. The number of halogens is 1. The summed E-state index contributed by atoms with van der Waals surface area (Å²) in [5.74, 6) is -0.401. The van der Waals surface area contributed by atoms with Crippen LogP contribution in [0.5, 0.6) is 0 Å². The third kappa shape index (κ3) is 1.97. The van der Waals surface area contributed by atoms with Crippen LogP contribution in [-0.2, 0) is 9.47 Å². The fourth-order valence-electron chi connectivity index (χ4n) is 1.83.